The third-order valence-corrected chi connectivity index (χ3v) is 6.11. The number of hydrogen-bond donors (Lipinski definition) is 2. The summed E-state index contributed by atoms with van der Waals surface area (Å²) < 4.78 is 4.89. The number of nitrogens with one attached hydrogen (secondary N) is 2. The van der Waals surface area contributed by atoms with Crippen molar-refractivity contribution in [3.05, 3.63) is 27.2 Å². The first-order valence-electron chi connectivity index (χ1n) is 9.35. The second-order valence-corrected chi connectivity index (χ2v) is 8.79. The van der Waals surface area contributed by atoms with Gasteiger partial charge in [0.05, 0.1) is 15.7 Å². The maximum atomic E-state index is 12.7. The molecule has 2 N–H and O–H groups in total. The standard InChI is InChI=1S/C19H20Cl3N3O5/c1-10-2-4-19(5-3-10)17(28)25(18(29)24-19)8-15(27)30-9-14(26)23-16-12(21)6-11(20)7-13(16)22/h6-7,10H,2-5,8-9H2,1H3,(H,23,26)(H,24,29). The Hall–Kier alpha value is -2.03. The Balaban J connectivity index is 1.53. The lowest BCUT2D eigenvalue weighted by molar-refractivity contribution is -0.150. The summed E-state index contributed by atoms with van der Waals surface area (Å²) in [6, 6.07) is 2.17. The molecule has 0 radical (unpaired) electrons. The lowest BCUT2D eigenvalue weighted by Gasteiger charge is -2.33. The van der Waals surface area contributed by atoms with E-state index in [1.165, 1.54) is 12.1 Å². The summed E-state index contributed by atoms with van der Waals surface area (Å²) in [7, 11) is 0. The van der Waals surface area contributed by atoms with Crippen LogP contribution in [-0.2, 0) is 19.1 Å². The van der Waals surface area contributed by atoms with Gasteiger partial charge in [-0.1, -0.05) is 41.7 Å². The SMILES string of the molecule is CC1CCC2(CC1)NC(=O)N(CC(=O)OCC(=O)Nc1c(Cl)cc(Cl)cc1Cl)C2=O. The summed E-state index contributed by atoms with van der Waals surface area (Å²) in [6.07, 6.45) is 2.71. The highest BCUT2D eigenvalue weighted by molar-refractivity contribution is 6.42. The Bertz CT molecular complexity index is 876. The minimum atomic E-state index is -0.941. The van der Waals surface area contributed by atoms with Gasteiger partial charge in [0.25, 0.3) is 11.8 Å². The second-order valence-electron chi connectivity index (χ2n) is 7.54. The Morgan fingerprint density at radius 1 is 1.20 bits per heavy atom. The molecule has 1 aliphatic heterocycles. The van der Waals surface area contributed by atoms with Crippen molar-refractivity contribution in [2.24, 2.45) is 5.92 Å². The number of benzene rings is 1. The molecule has 2 fully saturated rings. The van der Waals surface area contributed by atoms with E-state index in [9.17, 15) is 19.2 Å². The van der Waals surface area contributed by atoms with E-state index in [4.69, 9.17) is 39.5 Å². The molecule has 1 aromatic carbocycles. The van der Waals surface area contributed by atoms with Gasteiger partial charge in [-0.25, -0.2) is 4.79 Å². The maximum Gasteiger partial charge on any atom is 0.326 e. The van der Waals surface area contributed by atoms with E-state index in [-0.39, 0.29) is 15.7 Å². The molecule has 1 aromatic rings. The van der Waals surface area contributed by atoms with Gasteiger partial charge in [-0.05, 0) is 43.7 Å². The summed E-state index contributed by atoms with van der Waals surface area (Å²) in [5.41, 5.74) is -0.810. The third-order valence-electron chi connectivity index (χ3n) is 5.30. The van der Waals surface area contributed by atoms with Crippen molar-refractivity contribution in [2.45, 2.75) is 38.1 Å². The van der Waals surface area contributed by atoms with Crippen molar-refractivity contribution in [1.29, 1.82) is 0 Å². The van der Waals surface area contributed by atoms with Gasteiger partial charge in [-0.2, -0.15) is 0 Å². The quantitative estimate of drug-likeness (QED) is 0.499. The number of halogens is 3. The van der Waals surface area contributed by atoms with Crippen molar-refractivity contribution in [2.75, 3.05) is 18.5 Å². The molecule has 30 heavy (non-hydrogen) atoms. The lowest BCUT2D eigenvalue weighted by atomic mass is 9.77. The average molecular weight is 477 g/mol. The van der Waals surface area contributed by atoms with Crippen LogP contribution >= 0.6 is 34.8 Å². The average Bonchev–Trinajstić information content (AvgIpc) is 2.90. The summed E-state index contributed by atoms with van der Waals surface area (Å²) in [5, 5.41) is 5.69. The molecular weight excluding hydrogens is 457 g/mol. The van der Waals surface area contributed by atoms with Crippen molar-refractivity contribution in [3.8, 4) is 0 Å². The van der Waals surface area contributed by atoms with Gasteiger partial charge in [-0.15, -0.1) is 0 Å². The molecule has 0 unspecified atom stereocenters. The van der Waals surface area contributed by atoms with Gasteiger partial charge in [0.1, 0.15) is 12.1 Å². The molecule has 3 rings (SSSR count). The maximum absolute atomic E-state index is 12.7. The van der Waals surface area contributed by atoms with Crippen molar-refractivity contribution in [1.82, 2.24) is 10.2 Å². The molecule has 1 saturated heterocycles. The van der Waals surface area contributed by atoms with E-state index < -0.39 is 42.5 Å². The van der Waals surface area contributed by atoms with E-state index in [1.807, 2.05) is 0 Å². The lowest BCUT2D eigenvalue weighted by Crippen LogP contribution is -2.49. The molecule has 11 heteroatoms. The van der Waals surface area contributed by atoms with Gasteiger partial charge in [0.15, 0.2) is 6.61 Å². The molecule has 1 spiro atoms. The van der Waals surface area contributed by atoms with E-state index in [0.29, 0.717) is 23.8 Å². The molecule has 8 nitrogen and oxygen atoms in total. The van der Waals surface area contributed by atoms with Gasteiger partial charge in [0, 0.05) is 5.02 Å². The topological polar surface area (TPSA) is 105 Å². The zero-order valence-corrected chi connectivity index (χ0v) is 18.4. The highest BCUT2D eigenvalue weighted by Gasteiger charge is 2.52. The zero-order chi connectivity index (χ0) is 22.1. The summed E-state index contributed by atoms with van der Waals surface area (Å²) in [5.74, 6) is -1.52. The fourth-order valence-electron chi connectivity index (χ4n) is 3.57. The number of hydrogen-bond acceptors (Lipinski definition) is 5. The molecular formula is C19H20Cl3N3O5. The smallest absolute Gasteiger partial charge is 0.326 e. The van der Waals surface area contributed by atoms with Gasteiger partial charge in [0.2, 0.25) is 0 Å². The predicted molar refractivity (Wildman–Crippen MR) is 112 cm³/mol. The van der Waals surface area contributed by atoms with Crippen molar-refractivity contribution in [3.63, 3.8) is 0 Å². The highest BCUT2D eigenvalue weighted by atomic mass is 35.5. The zero-order valence-electron chi connectivity index (χ0n) is 16.1. The van der Waals surface area contributed by atoms with Crippen LogP contribution in [0.4, 0.5) is 10.5 Å². The van der Waals surface area contributed by atoms with Crippen LogP contribution in [0.25, 0.3) is 0 Å². The predicted octanol–water partition coefficient (Wildman–Crippen LogP) is 3.63. The normalized spacial score (nSPS) is 23.5. The van der Waals surface area contributed by atoms with Crippen LogP contribution in [0.3, 0.4) is 0 Å². The monoisotopic (exact) mass is 475 g/mol. The Morgan fingerprint density at radius 2 is 1.80 bits per heavy atom. The number of amides is 4. The number of rotatable bonds is 5. The minimum Gasteiger partial charge on any atom is -0.454 e. The Labute approximate surface area is 188 Å². The van der Waals surface area contributed by atoms with Gasteiger partial charge in [-0.3, -0.25) is 19.3 Å². The van der Waals surface area contributed by atoms with Crippen molar-refractivity contribution < 1.29 is 23.9 Å². The molecule has 0 aromatic heterocycles. The molecule has 0 atom stereocenters. The van der Waals surface area contributed by atoms with Crippen molar-refractivity contribution >= 4 is 64.3 Å². The fraction of sp³-hybridized carbons (Fsp3) is 0.474. The first kappa shape index (κ1) is 22.7. The molecule has 0 bridgehead atoms. The molecule has 162 valence electrons. The first-order valence-corrected chi connectivity index (χ1v) is 10.5. The Kier molecular flexibility index (Phi) is 6.79. The van der Waals surface area contributed by atoms with E-state index in [2.05, 4.69) is 17.6 Å². The van der Waals surface area contributed by atoms with Crippen LogP contribution in [0.2, 0.25) is 15.1 Å². The largest absolute Gasteiger partial charge is 0.454 e. The van der Waals surface area contributed by atoms with Crippen LogP contribution in [0.1, 0.15) is 32.6 Å². The number of esters is 1. The number of imide groups is 1. The van der Waals surface area contributed by atoms with E-state index in [0.717, 1.165) is 17.7 Å². The van der Waals surface area contributed by atoms with Crippen LogP contribution in [0.15, 0.2) is 12.1 Å². The number of carbonyl (C=O) groups is 4. The number of urea groups is 1. The Morgan fingerprint density at radius 3 is 2.40 bits per heavy atom. The van der Waals surface area contributed by atoms with E-state index >= 15 is 0 Å². The highest BCUT2D eigenvalue weighted by Crippen LogP contribution is 2.36. The summed E-state index contributed by atoms with van der Waals surface area (Å²) in [6.45, 7) is 0.886. The second kappa shape index (κ2) is 8.99. The first-order chi connectivity index (χ1) is 14.1. The fourth-order valence-corrected chi connectivity index (χ4v) is 4.48. The summed E-state index contributed by atoms with van der Waals surface area (Å²) >= 11 is 17.8. The third kappa shape index (κ3) is 4.82. The van der Waals surface area contributed by atoms with Crippen LogP contribution in [0, 0.1) is 5.92 Å². The molecule has 2 aliphatic rings. The van der Waals surface area contributed by atoms with E-state index in [1.54, 1.807) is 0 Å². The van der Waals surface area contributed by atoms with Gasteiger partial charge < -0.3 is 15.4 Å². The summed E-state index contributed by atoms with van der Waals surface area (Å²) in [4.78, 5) is 49.9. The van der Waals surface area contributed by atoms with Crippen LogP contribution < -0.4 is 10.6 Å². The van der Waals surface area contributed by atoms with Crippen LogP contribution in [0.5, 0.6) is 0 Å². The van der Waals surface area contributed by atoms with Crippen LogP contribution in [-0.4, -0.2) is 47.4 Å². The number of carbonyl (C=O) groups excluding carboxylic acids is 4. The molecule has 4 amide bonds. The van der Waals surface area contributed by atoms with Gasteiger partial charge >= 0.3 is 12.0 Å². The number of ether oxygens (including phenoxy) is 1. The molecule has 1 aliphatic carbocycles. The molecule has 1 saturated carbocycles. The number of nitrogens with zero attached hydrogens (tertiary/aromatic N) is 1. The minimum absolute atomic E-state index is 0.124. The molecule has 1 heterocycles. The number of anilines is 1.